The Morgan fingerprint density at radius 1 is 1.09 bits per heavy atom. The number of nitrogens with zero attached hydrogens (tertiary/aromatic N) is 2. The van der Waals surface area contributed by atoms with Crippen LogP contribution < -0.4 is 0 Å². The van der Waals surface area contributed by atoms with Crippen molar-refractivity contribution in [1.82, 2.24) is 9.80 Å². The lowest BCUT2D eigenvalue weighted by Crippen LogP contribution is -2.51. The molecule has 1 aliphatic rings. The van der Waals surface area contributed by atoms with Crippen LogP contribution in [-0.2, 0) is 9.53 Å². The Morgan fingerprint density at radius 2 is 1.59 bits per heavy atom. The van der Waals surface area contributed by atoms with Crippen molar-refractivity contribution in [2.24, 2.45) is 5.41 Å². The number of carbonyl (C=O) groups is 2. The summed E-state index contributed by atoms with van der Waals surface area (Å²) >= 11 is 0. The number of carbonyl (C=O) groups excluding carboxylic acids is 2. The summed E-state index contributed by atoms with van der Waals surface area (Å²) in [7, 11) is 0. The van der Waals surface area contributed by atoms with E-state index in [9.17, 15) is 9.59 Å². The molecule has 0 radical (unpaired) electrons. The fraction of sp³-hybridized carbons (Fsp3) is 0.882. The molecule has 0 atom stereocenters. The zero-order chi connectivity index (χ0) is 17.1. The van der Waals surface area contributed by atoms with Crippen molar-refractivity contribution >= 4 is 12.0 Å². The van der Waals surface area contributed by atoms with Crippen LogP contribution in [0.4, 0.5) is 4.79 Å². The van der Waals surface area contributed by atoms with Gasteiger partial charge in [0.25, 0.3) is 0 Å². The average Bonchev–Trinajstić information content (AvgIpc) is 2.33. The van der Waals surface area contributed by atoms with Crippen molar-refractivity contribution in [1.29, 1.82) is 0 Å². The minimum atomic E-state index is -0.467. The summed E-state index contributed by atoms with van der Waals surface area (Å²) in [5.41, 5.74) is -0.389. The van der Waals surface area contributed by atoms with E-state index in [4.69, 9.17) is 4.74 Å². The van der Waals surface area contributed by atoms with E-state index in [2.05, 4.69) is 20.8 Å². The van der Waals surface area contributed by atoms with Crippen LogP contribution in [0.25, 0.3) is 0 Å². The van der Waals surface area contributed by atoms with Crippen LogP contribution in [0.1, 0.15) is 61.3 Å². The van der Waals surface area contributed by atoms with E-state index in [1.807, 2.05) is 25.7 Å². The van der Waals surface area contributed by atoms with E-state index < -0.39 is 5.60 Å². The highest BCUT2D eigenvalue weighted by molar-refractivity contribution is 5.74. The molecule has 128 valence electrons. The van der Waals surface area contributed by atoms with Gasteiger partial charge in [0.1, 0.15) is 5.60 Å². The van der Waals surface area contributed by atoms with Gasteiger partial charge in [-0.3, -0.25) is 4.79 Å². The molecule has 0 bridgehead atoms. The van der Waals surface area contributed by atoms with Crippen LogP contribution in [0.2, 0.25) is 0 Å². The third-order valence-corrected chi connectivity index (χ3v) is 3.61. The molecule has 0 N–H and O–H groups in total. The number of ether oxygens (including phenoxy) is 1. The van der Waals surface area contributed by atoms with Crippen LogP contribution in [0.3, 0.4) is 0 Å². The predicted molar refractivity (Wildman–Crippen MR) is 87.7 cm³/mol. The van der Waals surface area contributed by atoms with Crippen LogP contribution in [-0.4, -0.2) is 53.1 Å². The molecule has 2 amide bonds. The average molecular weight is 312 g/mol. The second-order valence-corrected chi connectivity index (χ2v) is 8.41. The molecule has 5 nitrogen and oxygen atoms in total. The van der Waals surface area contributed by atoms with Gasteiger partial charge in [0, 0.05) is 32.6 Å². The molecule has 1 fully saturated rings. The molecular formula is C17H32N2O3. The molecule has 1 heterocycles. The molecular weight excluding hydrogens is 280 g/mol. The molecule has 0 spiro atoms. The van der Waals surface area contributed by atoms with E-state index >= 15 is 0 Å². The minimum Gasteiger partial charge on any atom is -0.444 e. The molecule has 1 saturated heterocycles. The summed E-state index contributed by atoms with van der Waals surface area (Å²) in [6.45, 7) is 15.7. The third kappa shape index (κ3) is 6.24. The smallest absolute Gasteiger partial charge is 0.410 e. The number of amides is 2. The highest BCUT2D eigenvalue weighted by Crippen LogP contribution is 2.23. The summed E-state index contributed by atoms with van der Waals surface area (Å²) in [6.07, 6.45) is 1.38. The van der Waals surface area contributed by atoms with Crippen molar-refractivity contribution in [3.05, 3.63) is 0 Å². The van der Waals surface area contributed by atoms with Gasteiger partial charge in [-0.05, 0) is 39.0 Å². The van der Waals surface area contributed by atoms with Gasteiger partial charge in [0.15, 0.2) is 0 Å². The van der Waals surface area contributed by atoms with Crippen molar-refractivity contribution in [2.75, 3.05) is 19.6 Å². The predicted octanol–water partition coefficient (Wildman–Crippen LogP) is 3.28. The summed E-state index contributed by atoms with van der Waals surface area (Å²) in [5, 5.41) is 0. The van der Waals surface area contributed by atoms with E-state index in [1.165, 1.54) is 0 Å². The fourth-order valence-corrected chi connectivity index (χ4v) is 2.70. The van der Waals surface area contributed by atoms with Gasteiger partial charge in [-0.25, -0.2) is 4.79 Å². The number of hydrogen-bond acceptors (Lipinski definition) is 3. The Hall–Kier alpha value is -1.26. The van der Waals surface area contributed by atoms with Crippen molar-refractivity contribution in [2.45, 2.75) is 73.0 Å². The molecule has 0 aromatic heterocycles. The van der Waals surface area contributed by atoms with Gasteiger partial charge in [0.05, 0.1) is 0 Å². The molecule has 0 unspecified atom stereocenters. The number of likely N-dealkylation sites (tertiary alicyclic amines) is 1. The van der Waals surface area contributed by atoms with Gasteiger partial charge in [-0.15, -0.1) is 0 Å². The van der Waals surface area contributed by atoms with E-state index in [1.54, 1.807) is 11.8 Å². The topological polar surface area (TPSA) is 49.9 Å². The number of rotatable bonds is 2. The van der Waals surface area contributed by atoms with Crippen LogP contribution in [0.5, 0.6) is 0 Å². The molecule has 1 aliphatic heterocycles. The Labute approximate surface area is 135 Å². The first-order valence-electron chi connectivity index (χ1n) is 8.14. The highest BCUT2D eigenvalue weighted by Gasteiger charge is 2.32. The molecule has 5 heteroatoms. The largest absolute Gasteiger partial charge is 0.444 e. The first-order valence-corrected chi connectivity index (χ1v) is 8.14. The zero-order valence-corrected chi connectivity index (χ0v) is 15.2. The lowest BCUT2D eigenvalue weighted by Gasteiger charge is -2.40. The Bertz CT molecular complexity index is 399. The van der Waals surface area contributed by atoms with Gasteiger partial charge in [0.2, 0.25) is 5.91 Å². The van der Waals surface area contributed by atoms with Gasteiger partial charge in [-0.1, -0.05) is 20.8 Å². The van der Waals surface area contributed by atoms with Crippen molar-refractivity contribution in [3.63, 3.8) is 0 Å². The second-order valence-electron chi connectivity index (χ2n) is 8.41. The van der Waals surface area contributed by atoms with E-state index in [-0.39, 0.29) is 23.5 Å². The van der Waals surface area contributed by atoms with Gasteiger partial charge >= 0.3 is 6.09 Å². The maximum absolute atomic E-state index is 12.1. The normalized spacial score (nSPS) is 17.3. The molecule has 0 aromatic carbocycles. The summed E-state index contributed by atoms with van der Waals surface area (Å²) in [5.74, 6) is 0.116. The molecule has 0 aliphatic carbocycles. The second kappa shape index (κ2) is 6.88. The number of piperidine rings is 1. The Kier molecular flexibility index (Phi) is 5.88. The quantitative estimate of drug-likeness (QED) is 0.786. The minimum absolute atomic E-state index is 0.0774. The molecule has 22 heavy (non-hydrogen) atoms. The maximum atomic E-state index is 12.1. The van der Waals surface area contributed by atoms with Crippen molar-refractivity contribution in [3.8, 4) is 0 Å². The highest BCUT2D eigenvalue weighted by atomic mass is 16.6. The molecule has 0 saturated carbocycles. The summed E-state index contributed by atoms with van der Waals surface area (Å²) in [4.78, 5) is 27.7. The van der Waals surface area contributed by atoms with Crippen LogP contribution in [0, 0.1) is 5.41 Å². The lowest BCUT2D eigenvalue weighted by atomic mass is 9.93. The van der Waals surface area contributed by atoms with Gasteiger partial charge in [-0.2, -0.15) is 0 Å². The third-order valence-electron chi connectivity index (χ3n) is 3.61. The summed E-state index contributed by atoms with van der Waals surface area (Å²) < 4.78 is 5.41. The first kappa shape index (κ1) is 18.8. The Morgan fingerprint density at radius 3 is 1.95 bits per heavy atom. The van der Waals surface area contributed by atoms with E-state index in [0.29, 0.717) is 13.1 Å². The van der Waals surface area contributed by atoms with E-state index in [0.717, 1.165) is 19.4 Å². The standard InChI is InChI=1S/C17H32N2O3/c1-13(20)19(12-16(2,3)4)14-8-10-18(11-9-14)15(21)22-17(5,6)7/h14H,8-12H2,1-7H3. The first-order chi connectivity index (χ1) is 9.89. The SMILES string of the molecule is CC(=O)N(CC(C)(C)C)C1CCN(C(=O)OC(C)(C)C)CC1. The van der Waals surface area contributed by atoms with Crippen LogP contribution >= 0.6 is 0 Å². The maximum Gasteiger partial charge on any atom is 0.410 e. The van der Waals surface area contributed by atoms with Gasteiger partial charge < -0.3 is 14.5 Å². The molecule has 0 aromatic rings. The zero-order valence-electron chi connectivity index (χ0n) is 15.2. The lowest BCUT2D eigenvalue weighted by molar-refractivity contribution is -0.133. The fourth-order valence-electron chi connectivity index (χ4n) is 2.70. The monoisotopic (exact) mass is 312 g/mol. The summed E-state index contributed by atoms with van der Waals surface area (Å²) in [6, 6.07) is 0.218. The van der Waals surface area contributed by atoms with Crippen LogP contribution in [0.15, 0.2) is 0 Å². The number of hydrogen-bond donors (Lipinski definition) is 0. The Balaban J connectivity index is 2.59. The van der Waals surface area contributed by atoms with Crippen molar-refractivity contribution < 1.29 is 14.3 Å². The molecule has 1 rings (SSSR count).